The van der Waals surface area contributed by atoms with E-state index < -0.39 is 6.04 Å². The van der Waals surface area contributed by atoms with Crippen molar-refractivity contribution in [2.45, 2.75) is 26.8 Å². The maximum atomic E-state index is 12.0. The van der Waals surface area contributed by atoms with E-state index in [0.717, 1.165) is 44.0 Å². The molecule has 1 aromatic carbocycles. The number of hydrogen-bond donors (Lipinski definition) is 3. The Morgan fingerprint density at radius 1 is 1.20 bits per heavy atom. The maximum absolute atomic E-state index is 12.0. The van der Waals surface area contributed by atoms with Gasteiger partial charge in [-0.05, 0) is 44.2 Å². The van der Waals surface area contributed by atoms with Crippen molar-refractivity contribution in [2.75, 3.05) is 50.0 Å². The van der Waals surface area contributed by atoms with Gasteiger partial charge in [-0.15, -0.1) is 0 Å². The zero-order valence-electron chi connectivity index (χ0n) is 15.6. The molecule has 7 heteroatoms. The molecule has 3 amide bonds. The fourth-order valence-electron chi connectivity index (χ4n) is 3.04. The van der Waals surface area contributed by atoms with Crippen LogP contribution in [0.3, 0.4) is 0 Å². The number of hydrogen-bond acceptors (Lipinski definition) is 4. The smallest absolute Gasteiger partial charge is 0.319 e. The molecule has 138 valence electrons. The number of nitrogens with one attached hydrogen (secondary N) is 3. The quantitative estimate of drug-likeness (QED) is 0.752. The van der Waals surface area contributed by atoms with Crippen LogP contribution in [-0.2, 0) is 4.79 Å². The van der Waals surface area contributed by atoms with Gasteiger partial charge in [0.05, 0.1) is 0 Å². The monoisotopic (exact) mass is 347 g/mol. The van der Waals surface area contributed by atoms with Crippen molar-refractivity contribution < 1.29 is 9.59 Å². The zero-order chi connectivity index (χ0) is 18.4. The first-order valence-electron chi connectivity index (χ1n) is 8.81. The lowest BCUT2D eigenvalue weighted by molar-refractivity contribution is -0.122. The molecular weight excluding hydrogens is 318 g/mol. The molecule has 1 aromatic rings. The summed E-state index contributed by atoms with van der Waals surface area (Å²) < 4.78 is 0. The topological polar surface area (TPSA) is 76.7 Å². The predicted octanol–water partition coefficient (Wildman–Crippen LogP) is 1.39. The molecule has 0 aromatic heterocycles. The highest BCUT2D eigenvalue weighted by atomic mass is 16.2. The van der Waals surface area contributed by atoms with E-state index in [0.29, 0.717) is 0 Å². The highest BCUT2D eigenvalue weighted by Gasteiger charge is 2.18. The van der Waals surface area contributed by atoms with E-state index >= 15 is 0 Å². The fraction of sp³-hybridized carbons (Fsp3) is 0.556. The molecular formula is C18H29N5O2. The van der Waals surface area contributed by atoms with Gasteiger partial charge in [0, 0.05) is 44.6 Å². The number of rotatable bonds is 5. The van der Waals surface area contributed by atoms with Crippen molar-refractivity contribution >= 4 is 23.3 Å². The van der Waals surface area contributed by atoms with Crippen LogP contribution in [0.1, 0.15) is 19.4 Å². The molecule has 7 nitrogen and oxygen atoms in total. The van der Waals surface area contributed by atoms with Gasteiger partial charge >= 0.3 is 6.03 Å². The first kappa shape index (κ1) is 19.1. The first-order valence-corrected chi connectivity index (χ1v) is 8.81. The van der Waals surface area contributed by atoms with Crippen LogP contribution < -0.4 is 20.9 Å². The van der Waals surface area contributed by atoms with E-state index in [-0.39, 0.29) is 11.9 Å². The van der Waals surface area contributed by atoms with Crippen molar-refractivity contribution in [3.05, 3.63) is 23.8 Å². The molecule has 0 aliphatic carbocycles. The molecule has 1 saturated heterocycles. The number of likely N-dealkylation sites (N-methyl/N-ethyl adjacent to an activating group) is 2. The van der Waals surface area contributed by atoms with Crippen molar-refractivity contribution in [3.63, 3.8) is 0 Å². The minimum absolute atomic E-state index is 0.229. The Kier molecular flexibility index (Phi) is 6.64. The van der Waals surface area contributed by atoms with E-state index in [1.165, 1.54) is 5.69 Å². The van der Waals surface area contributed by atoms with Gasteiger partial charge in [0.25, 0.3) is 0 Å². The van der Waals surface area contributed by atoms with Gasteiger partial charge in [-0.1, -0.05) is 6.92 Å². The second-order valence-electron chi connectivity index (χ2n) is 6.36. The lowest BCUT2D eigenvalue weighted by atomic mass is 10.1. The van der Waals surface area contributed by atoms with Gasteiger partial charge in [0.2, 0.25) is 5.91 Å². The summed E-state index contributed by atoms with van der Waals surface area (Å²) in [5.74, 6) is -0.229. The van der Waals surface area contributed by atoms with E-state index in [1.807, 2.05) is 12.1 Å². The highest BCUT2D eigenvalue weighted by Crippen LogP contribution is 2.24. The zero-order valence-corrected chi connectivity index (χ0v) is 15.6. The Labute approximate surface area is 149 Å². The molecule has 0 radical (unpaired) electrons. The van der Waals surface area contributed by atoms with Crippen molar-refractivity contribution in [1.29, 1.82) is 0 Å². The van der Waals surface area contributed by atoms with Crippen LogP contribution >= 0.6 is 0 Å². The number of aryl methyl sites for hydroxylation is 1. The summed E-state index contributed by atoms with van der Waals surface area (Å²) in [5, 5.41) is 7.90. The molecule has 3 N–H and O–H groups in total. The van der Waals surface area contributed by atoms with E-state index in [9.17, 15) is 9.59 Å². The molecule has 0 saturated carbocycles. The molecule has 25 heavy (non-hydrogen) atoms. The van der Waals surface area contributed by atoms with Gasteiger partial charge in [-0.3, -0.25) is 4.79 Å². The third kappa shape index (κ3) is 5.09. The number of anilines is 2. The predicted molar refractivity (Wildman–Crippen MR) is 101 cm³/mol. The molecule has 1 aliphatic rings. The van der Waals surface area contributed by atoms with Crippen molar-refractivity contribution in [3.8, 4) is 0 Å². The Morgan fingerprint density at radius 2 is 1.88 bits per heavy atom. The van der Waals surface area contributed by atoms with Crippen LogP contribution in [0, 0.1) is 6.92 Å². The normalized spacial score (nSPS) is 16.2. The van der Waals surface area contributed by atoms with Crippen LogP contribution in [0.5, 0.6) is 0 Å². The van der Waals surface area contributed by atoms with E-state index in [4.69, 9.17) is 0 Å². The van der Waals surface area contributed by atoms with Crippen LogP contribution in [0.4, 0.5) is 16.2 Å². The Balaban J connectivity index is 1.95. The summed E-state index contributed by atoms with van der Waals surface area (Å²) in [6, 6.07) is 4.94. The third-order valence-electron chi connectivity index (χ3n) is 4.60. The molecule has 2 rings (SSSR count). The van der Waals surface area contributed by atoms with E-state index in [2.05, 4.69) is 45.7 Å². The van der Waals surface area contributed by atoms with Gasteiger partial charge in [-0.25, -0.2) is 4.79 Å². The molecule has 1 aliphatic heterocycles. The second-order valence-corrected chi connectivity index (χ2v) is 6.36. The lowest BCUT2D eigenvalue weighted by Crippen LogP contribution is -2.46. The van der Waals surface area contributed by atoms with Gasteiger partial charge < -0.3 is 25.8 Å². The summed E-state index contributed by atoms with van der Waals surface area (Å²) in [6.45, 7) is 11.2. The standard InChI is InChI=1S/C18H29N5O2/c1-5-22-8-10-23(11-9-22)16-7-6-15(12-13(16)2)21-18(25)20-14(3)17(24)19-4/h6-7,12,14H,5,8-11H2,1-4H3,(H,19,24)(H2,20,21,25). The van der Waals surface area contributed by atoms with Gasteiger partial charge in [-0.2, -0.15) is 0 Å². The lowest BCUT2D eigenvalue weighted by Gasteiger charge is -2.36. The summed E-state index contributed by atoms with van der Waals surface area (Å²) >= 11 is 0. The largest absolute Gasteiger partial charge is 0.369 e. The first-order chi connectivity index (χ1) is 11.9. The Bertz CT molecular complexity index is 611. The number of nitrogens with zero attached hydrogens (tertiary/aromatic N) is 2. The molecule has 1 fully saturated rings. The molecule has 0 spiro atoms. The van der Waals surface area contributed by atoms with Crippen LogP contribution in [-0.4, -0.2) is 62.7 Å². The van der Waals surface area contributed by atoms with Gasteiger partial charge in [0.15, 0.2) is 0 Å². The second kappa shape index (κ2) is 8.71. The van der Waals surface area contributed by atoms with Gasteiger partial charge in [0.1, 0.15) is 6.04 Å². The minimum atomic E-state index is -0.583. The molecule has 1 atom stereocenters. The Morgan fingerprint density at radius 3 is 2.44 bits per heavy atom. The van der Waals surface area contributed by atoms with Crippen molar-refractivity contribution in [1.82, 2.24) is 15.5 Å². The molecule has 1 heterocycles. The Hall–Kier alpha value is -2.28. The van der Waals surface area contributed by atoms with Crippen molar-refractivity contribution in [2.24, 2.45) is 0 Å². The SMILES string of the molecule is CCN1CCN(c2ccc(NC(=O)NC(C)C(=O)NC)cc2C)CC1. The number of piperazine rings is 1. The van der Waals surface area contributed by atoms with Crippen LogP contribution in [0.25, 0.3) is 0 Å². The van der Waals surface area contributed by atoms with Crippen LogP contribution in [0.2, 0.25) is 0 Å². The molecule has 1 unspecified atom stereocenters. The number of urea groups is 1. The number of amides is 3. The number of carbonyl (C=O) groups is 2. The summed E-state index contributed by atoms with van der Waals surface area (Å²) in [6.07, 6.45) is 0. The summed E-state index contributed by atoms with van der Waals surface area (Å²) in [5.41, 5.74) is 3.05. The van der Waals surface area contributed by atoms with Crippen LogP contribution in [0.15, 0.2) is 18.2 Å². The van der Waals surface area contributed by atoms with E-state index in [1.54, 1.807) is 14.0 Å². The third-order valence-corrected chi connectivity index (χ3v) is 4.60. The number of benzene rings is 1. The highest BCUT2D eigenvalue weighted by molar-refractivity contribution is 5.93. The fourth-order valence-corrected chi connectivity index (χ4v) is 3.04. The summed E-state index contributed by atoms with van der Waals surface area (Å²) in [4.78, 5) is 28.3. The summed E-state index contributed by atoms with van der Waals surface area (Å²) in [7, 11) is 1.54. The average Bonchev–Trinajstić information content (AvgIpc) is 2.61. The maximum Gasteiger partial charge on any atom is 0.319 e. The molecule has 0 bridgehead atoms. The number of carbonyl (C=O) groups excluding carboxylic acids is 2. The minimum Gasteiger partial charge on any atom is -0.369 e. The average molecular weight is 347 g/mol.